The number of hydrogen-bond donors (Lipinski definition) is 0. The van der Waals surface area contributed by atoms with E-state index in [0.717, 1.165) is 12.0 Å². The first kappa shape index (κ1) is 12.1. The minimum Gasteiger partial charge on any atom is -0.294 e. The Kier molecular flexibility index (Phi) is 4.51. The third kappa shape index (κ3) is 2.34. The van der Waals surface area contributed by atoms with E-state index in [1.54, 1.807) is 4.99 Å². The Hall–Kier alpha value is 0.0400. The molecule has 0 saturated heterocycles. The fraction of sp³-hybridized carbons (Fsp3) is 0.500. The molecule has 0 amide bonds. The van der Waals surface area contributed by atoms with E-state index in [4.69, 9.17) is 0 Å². The van der Waals surface area contributed by atoms with E-state index in [2.05, 4.69) is 31.9 Å². The molecule has 0 spiro atoms. The Labute approximate surface area is 99.7 Å². The lowest BCUT2D eigenvalue weighted by Gasteiger charge is -2.06. The van der Waals surface area contributed by atoms with Crippen LogP contribution in [0, 0.1) is 0 Å². The van der Waals surface area contributed by atoms with Gasteiger partial charge in [-0.2, -0.15) is 0 Å². The zero-order valence-electron chi connectivity index (χ0n) is 7.82. The Bertz CT molecular complexity index is 307. The number of carbonyl (C=O) groups excluding carboxylic acids is 1. The molecule has 0 N–H and O–H groups in total. The van der Waals surface area contributed by atoms with Gasteiger partial charge in [0.05, 0.1) is 0 Å². The van der Waals surface area contributed by atoms with E-state index in [1.165, 1.54) is 0 Å². The van der Waals surface area contributed by atoms with E-state index in [1.807, 2.05) is 6.92 Å². The second-order valence-corrected chi connectivity index (χ2v) is 4.47. The normalized spacial score (nSPS) is 22.3. The van der Waals surface area contributed by atoms with Gasteiger partial charge in [-0.05, 0) is 32.9 Å². The van der Waals surface area contributed by atoms with Gasteiger partial charge >= 0.3 is 0 Å². The highest BCUT2D eigenvalue weighted by molar-refractivity contribution is 9.12. The first-order chi connectivity index (χ1) is 6.61. The van der Waals surface area contributed by atoms with Crippen LogP contribution in [0.2, 0.25) is 0 Å². The van der Waals surface area contributed by atoms with Crippen LogP contribution in [-0.2, 0) is 4.79 Å². The van der Waals surface area contributed by atoms with Crippen LogP contribution >= 0.6 is 31.9 Å². The summed E-state index contributed by atoms with van der Waals surface area (Å²) < 4.78 is 14.2. The standard InChI is InChI=1S/C10H11Br2FO/c1-2-3-7(13)9-8(14)4-6(5-11)10(9)12/h5,7H,2-4H2,1H3/b6-5-. The van der Waals surface area contributed by atoms with Crippen molar-refractivity contribution in [3.63, 3.8) is 0 Å². The highest BCUT2D eigenvalue weighted by atomic mass is 79.9. The van der Waals surface area contributed by atoms with E-state index >= 15 is 0 Å². The molecule has 0 aromatic rings. The molecule has 0 fully saturated rings. The molecular formula is C10H11Br2FO. The van der Waals surface area contributed by atoms with Gasteiger partial charge in [0.25, 0.3) is 0 Å². The Balaban J connectivity index is 2.95. The summed E-state index contributed by atoms with van der Waals surface area (Å²) in [4.78, 5) is 13.1. The second-order valence-electron chi connectivity index (χ2n) is 3.22. The van der Waals surface area contributed by atoms with Crippen molar-refractivity contribution in [2.24, 2.45) is 0 Å². The van der Waals surface area contributed by atoms with Gasteiger partial charge < -0.3 is 0 Å². The fourth-order valence-electron chi connectivity index (χ4n) is 1.44. The van der Waals surface area contributed by atoms with Crippen molar-refractivity contribution in [3.05, 3.63) is 20.6 Å². The van der Waals surface area contributed by atoms with Crippen LogP contribution in [0.15, 0.2) is 20.6 Å². The van der Waals surface area contributed by atoms with Crippen molar-refractivity contribution in [2.75, 3.05) is 0 Å². The van der Waals surface area contributed by atoms with Crippen molar-refractivity contribution >= 4 is 37.6 Å². The van der Waals surface area contributed by atoms with Crippen LogP contribution < -0.4 is 0 Å². The fourth-order valence-corrected chi connectivity index (χ4v) is 2.86. The van der Waals surface area contributed by atoms with Crippen molar-refractivity contribution in [1.29, 1.82) is 0 Å². The number of rotatable bonds is 3. The van der Waals surface area contributed by atoms with Crippen LogP contribution in [0.5, 0.6) is 0 Å². The van der Waals surface area contributed by atoms with Crippen LogP contribution in [0.25, 0.3) is 0 Å². The molecular weight excluding hydrogens is 315 g/mol. The van der Waals surface area contributed by atoms with Gasteiger partial charge in [0.2, 0.25) is 0 Å². The molecule has 1 aliphatic carbocycles. The third-order valence-corrected chi connectivity index (χ3v) is 3.65. The highest BCUT2D eigenvalue weighted by Crippen LogP contribution is 2.37. The van der Waals surface area contributed by atoms with Gasteiger partial charge in [-0.25, -0.2) is 4.39 Å². The van der Waals surface area contributed by atoms with Crippen LogP contribution in [-0.4, -0.2) is 12.0 Å². The molecule has 0 bridgehead atoms. The predicted molar refractivity (Wildman–Crippen MR) is 62.4 cm³/mol. The molecule has 4 heteroatoms. The molecule has 0 aliphatic heterocycles. The average molecular weight is 326 g/mol. The number of allylic oxidation sites excluding steroid dienone is 3. The monoisotopic (exact) mass is 324 g/mol. The number of hydrogen-bond acceptors (Lipinski definition) is 1. The summed E-state index contributed by atoms with van der Waals surface area (Å²) in [6.07, 6.45) is 0.314. The molecule has 0 aromatic heterocycles. The highest BCUT2D eigenvalue weighted by Gasteiger charge is 2.31. The number of alkyl halides is 1. The maximum absolute atomic E-state index is 13.6. The van der Waals surface area contributed by atoms with E-state index in [-0.39, 0.29) is 5.78 Å². The minimum absolute atomic E-state index is 0.108. The van der Waals surface area contributed by atoms with Gasteiger partial charge in [0.15, 0.2) is 5.78 Å². The van der Waals surface area contributed by atoms with Crippen molar-refractivity contribution in [1.82, 2.24) is 0 Å². The van der Waals surface area contributed by atoms with Crippen molar-refractivity contribution < 1.29 is 9.18 Å². The zero-order valence-corrected chi connectivity index (χ0v) is 11.0. The molecule has 1 atom stereocenters. The summed E-state index contributed by atoms with van der Waals surface area (Å²) in [6.45, 7) is 1.90. The molecule has 0 saturated carbocycles. The molecule has 0 aromatic carbocycles. The number of Topliss-reactive ketones (excluding diaryl/α,β-unsaturated/α-hetero) is 1. The predicted octanol–water partition coefficient (Wildman–Crippen LogP) is 4.03. The Morgan fingerprint density at radius 3 is 2.71 bits per heavy atom. The SMILES string of the molecule is CCCC(F)C1=C(Br)/C(=C\Br)CC1=O. The molecule has 78 valence electrons. The maximum Gasteiger partial charge on any atom is 0.167 e. The molecule has 0 radical (unpaired) electrons. The molecule has 1 rings (SSSR count). The quantitative estimate of drug-likeness (QED) is 0.765. The Morgan fingerprint density at radius 2 is 2.29 bits per heavy atom. The summed E-state index contributed by atoms with van der Waals surface area (Å²) in [5.74, 6) is -0.108. The summed E-state index contributed by atoms with van der Waals surface area (Å²) in [6, 6.07) is 0. The number of ketones is 1. The number of halogens is 3. The van der Waals surface area contributed by atoms with Crippen molar-refractivity contribution in [3.8, 4) is 0 Å². The van der Waals surface area contributed by atoms with Crippen LogP contribution in [0.4, 0.5) is 4.39 Å². The molecule has 1 aliphatic rings. The topological polar surface area (TPSA) is 17.1 Å². The largest absolute Gasteiger partial charge is 0.294 e. The summed E-state index contributed by atoms with van der Waals surface area (Å²) in [5, 5.41) is 0. The first-order valence-electron chi connectivity index (χ1n) is 4.48. The molecule has 1 nitrogen and oxygen atoms in total. The van der Waals surface area contributed by atoms with E-state index in [0.29, 0.717) is 22.9 Å². The zero-order chi connectivity index (χ0) is 10.7. The van der Waals surface area contributed by atoms with Gasteiger partial charge in [0, 0.05) is 16.5 Å². The van der Waals surface area contributed by atoms with Gasteiger partial charge in [-0.15, -0.1) is 0 Å². The van der Waals surface area contributed by atoms with E-state index < -0.39 is 6.17 Å². The summed E-state index contributed by atoms with van der Waals surface area (Å²) in [5.41, 5.74) is 1.13. The summed E-state index contributed by atoms with van der Waals surface area (Å²) in [7, 11) is 0. The van der Waals surface area contributed by atoms with Crippen LogP contribution in [0.1, 0.15) is 26.2 Å². The van der Waals surface area contributed by atoms with Crippen molar-refractivity contribution in [2.45, 2.75) is 32.4 Å². The second kappa shape index (κ2) is 5.21. The van der Waals surface area contributed by atoms with Gasteiger partial charge in [-0.1, -0.05) is 29.3 Å². The molecule has 0 heterocycles. The maximum atomic E-state index is 13.6. The third-order valence-electron chi connectivity index (χ3n) is 2.16. The average Bonchev–Trinajstić information content (AvgIpc) is 2.41. The lowest BCUT2D eigenvalue weighted by molar-refractivity contribution is -0.115. The lowest BCUT2D eigenvalue weighted by Crippen LogP contribution is -2.10. The molecule has 14 heavy (non-hydrogen) atoms. The van der Waals surface area contributed by atoms with Gasteiger partial charge in [0.1, 0.15) is 6.17 Å². The lowest BCUT2D eigenvalue weighted by atomic mass is 10.1. The number of carbonyl (C=O) groups is 1. The van der Waals surface area contributed by atoms with E-state index in [9.17, 15) is 9.18 Å². The van der Waals surface area contributed by atoms with Crippen LogP contribution in [0.3, 0.4) is 0 Å². The first-order valence-corrected chi connectivity index (χ1v) is 6.19. The van der Waals surface area contributed by atoms with Gasteiger partial charge in [-0.3, -0.25) is 4.79 Å². The summed E-state index contributed by atoms with van der Waals surface area (Å²) >= 11 is 6.42. The molecule has 1 unspecified atom stereocenters. The minimum atomic E-state index is -1.13. The smallest absolute Gasteiger partial charge is 0.167 e. The Morgan fingerprint density at radius 1 is 1.64 bits per heavy atom.